The highest BCUT2D eigenvalue weighted by Gasteiger charge is 2.27. The molecule has 0 spiro atoms. The summed E-state index contributed by atoms with van der Waals surface area (Å²) in [6, 6.07) is 7.88. The molecule has 5 nitrogen and oxygen atoms in total. The topological polar surface area (TPSA) is 58.6 Å². The Kier molecular flexibility index (Phi) is 8.20. The van der Waals surface area contributed by atoms with Crippen LogP contribution in [0.25, 0.3) is 0 Å². The zero-order chi connectivity index (χ0) is 21.7. The van der Waals surface area contributed by atoms with Crippen LogP contribution < -0.4 is 10.1 Å². The maximum absolute atomic E-state index is 13.0. The Bertz CT molecular complexity index is 875. The molecule has 0 fully saturated rings. The number of aryl methyl sites for hydroxylation is 2. The third-order valence-corrected chi connectivity index (χ3v) is 5.88. The van der Waals surface area contributed by atoms with E-state index >= 15 is 0 Å². The summed E-state index contributed by atoms with van der Waals surface area (Å²) in [5.74, 6) is -0.150. The van der Waals surface area contributed by atoms with Crippen molar-refractivity contribution in [1.29, 1.82) is 0 Å². The highest BCUT2D eigenvalue weighted by atomic mass is 35.5. The lowest BCUT2D eigenvalue weighted by Gasteiger charge is -2.29. The summed E-state index contributed by atoms with van der Waals surface area (Å²) in [4.78, 5) is 26.5. The van der Waals surface area contributed by atoms with Gasteiger partial charge in [-0.25, -0.2) is 0 Å². The molecule has 0 aromatic heterocycles. The van der Waals surface area contributed by atoms with Gasteiger partial charge in [0.25, 0.3) is 5.91 Å². The van der Waals surface area contributed by atoms with E-state index in [9.17, 15) is 9.59 Å². The van der Waals surface area contributed by atoms with E-state index < -0.39 is 6.04 Å². The first-order valence-electron chi connectivity index (χ1n) is 8.99. The normalized spacial score (nSPS) is 11.7. The van der Waals surface area contributed by atoms with Gasteiger partial charge in [-0.05, 0) is 56.2 Å². The average Bonchev–Trinajstić information content (AvgIpc) is 2.68. The number of ether oxygens (including phenoxy) is 1. The highest BCUT2D eigenvalue weighted by Crippen LogP contribution is 2.28. The molecule has 0 aliphatic heterocycles. The lowest BCUT2D eigenvalue weighted by molar-refractivity contribution is -0.142. The Labute approximate surface area is 185 Å². The Morgan fingerprint density at radius 1 is 1.10 bits per heavy atom. The van der Waals surface area contributed by atoms with Crippen LogP contribution in [-0.2, 0) is 16.1 Å². The summed E-state index contributed by atoms with van der Waals surface area (Å²) in [7, 11) is 1.51. The highest BCUT2D eigenvalue weighted by molar-refractivity contribution is 6.36. The number of likely N-dealkylation sites (N-methyl/N-ethyl adjacent to an activating group) is 1. The molecule has 156 valence electrons. The molecule has 0 radical (unpaired) electrons. The molecule has 0 bridgehead atoms. The van der Waals surface area contributed by atoms with Crippen molar-refractivity contribution in [3.63, 3.8) is 0 Å². The van der Waals surface area contributed by atoms with Crippen LogP contribution in [0.4, 0.5) is 0 Å². The average molecular weight is 458 g/mol. The molecule has 2 aromatic carbocycles. The van der Waals surface area contributed by atoms with Crippen LogP contribution in [0.2, 0.25) is 15.1 Å². The summed E-state index contributed by atoms with van der Waals surface area (Å²) in [6.07, 6.45) is 0. The molecule has 8 heteroatoms. The molecule has 0 heterocycles. The van der Waals surface area contributed by atoms with Crippen molar-refractivity contribution in [2.75, 3.05) is 13.7 Å². The monoisotopic (exact) mass is 456 g/mol. The van der Waals surface area contributed by atoms with Gasteiger partial charge in [0.2, 0.25) is 5.91 Å². The molecular formula is C21H23Cl3N2O3. The van der Waals surface area contributed by atoms with Gasteiger partial charge in [0.05, 0.1) is 0 Å². The fourth-order valence-corrected chi connectivity index (χ4v) is 3.49. The van der Waals surface area contributed by atoms with Gasteiger partial charge in [-0.3, -0.25) is 9.59 Å². The predicted molar refractivity (Wildman–Crippen MR) is 117 cm³/mol. The number of carbonyl (C=O) groups excluding carboxylic acids is 2. The van der Waals surface area contributed by atoms with Crippen molar-refractivity contribution >= 4 is 46.6 Å². The van der Waals surface area contributed by atoms with Gasteiger partial charge in [-0.15, -0.1) is 0 Å². The van der Waals surface area contributed by atoms with E-state index in [0.717, 1.165) is 11.1 Å². The van der Waals surface area contributed by atoms with Gasteiger partial charge in [0.1, 0.15) is 11.8 Å². The summed E-state index contributed by atoms with van der Waals surface area (Å²) in [5.41, 5.74) is 2.28. The molecule has 2 rings (SSSR count). The predicted octanol–water partition coefficient (Wildman–Crippen LogP) is 4.81. The summed E-state index contributed by atoms with van der Waals surface area (Å²) >= 11 is 18.7. The maximum atomic E-state index is 13.0. The summed E-state index contributed by atoms with van der Waals surface area (Å²) in [5, 5.41) is 4.06. The van der Waals surface area contributed by atoms with Crippen LogP contribution in [-0.4, -0.2) is 36.4 Å². The Morgan fingerprint density at radius 3 is 2.17 bits per heavy atom. The number of benzene rings is 2. The van der Waals surface area contributed by atoms with E-state index in [1.165, 1.54) is 11.9 Å². The second kappa shape index (κ2) is 10.2. The molecule has 2 amide bonds. The molecule has 0 saturated carbocycles. The third kappa shape index (κ3) is 5.78. The van der Waals surface area contributed by atoms with E-state index in [1.54, 1.807) is 37.3 Å². The Balaban J connectivity index is 2.24. The molecule has 0 unspecified atom stereocenters. The van der Waals surface area contributed by atoms with Crippen molar-refractivity contribution in [3.05, 3.63) is 62.1 Å². The lowest BCUT2D eigenvalue weighted by atomic mass is 10.1. The fourth-order valence-electron chi connectivity index (χ4n) is 2.86. The van der Waals surface area contributed by atoms with Crippen molar-refractivity contribution < 1.29 is 14.3 Å². The number of hydrogen-bond donors (Lipinski definition) is 1. The Morgan fingerprint density at radius 2 is 1.66 bits per heavy atom. The number of carbonyl (C=O) groups is 2. The smallest absolute Gasteiger partial charge is 0.261 e. The molecular weight excluding hydrogens is 435 g/mol. The minimum absolute atomic E-state index is 0.0773. The van der Waals surface area contributed by atoms with Gasteiger partial charge in [0, 0.05) is 34.2 Å². The van der Waals surface area contributed by atoms with Crippen LogP contribution in [0.3, 0.4) is 0 Å². The molecule has 29 heavy (non-hydrogen) atoms. The molecule has 1 N–H and O–H groups in total. The number of rotatable bonds is 7. The maximum Gasteiger partial charge on any atom is 0.261 e. The van der Waals surface area contributed by atoms with Crippen LogP contribution >= 0.6 is 34.8 Å². The van der Waals surface area contributed by atoms with Crippen LogP contribution in [0.1, 0.15) is 23.6 Å². The van der Waals surface area contributed by atoms with Crippen molar-refractivity contribution in [2.24, 2.45) is 0 Å². The number of hydrogen-bond acceptors (Lipinski definition) is 3. The molecule has 1 atom stereocenters. The number of nitrogens with one attached hydrogen (secondary N) is 1. The molecule has 0 aliphatic rings. The van der Waals surface area contributed by atoms with Crippen LogP contribution in [0.15, 0.2) is 30.3 Å². The molecule has 2 aromatic rings. The van der Waals surface area contributed by atoms with E-state index in [1.807, 2.05) is 13.8 Å². The van der Waals surface area contributed by atoms with E-state index in [-0.39, 0.29) is 25.0 Å². The van der Waals surface area contributed by atoms with Crippen molar-refractivity contribution in [1.82, 2.24) is 10.2 Å². The second-order valence-corrected chi connectivity index (χ2v) is 7.86. The minimum Gasteiger partial charge on any atom is -0.484 e. The van der Waals surface area contributed by atoms with Crippen molar-refractivity contribution in [2.45, 2.75) is 33.4 Å². The molecule has 0 aliphatic carbocycles. The fraction of sp³-hybridized carbons (Fsp3) is 0.333. The quantitative estimate of drug-likeness (QED) is 0.649. The summed E-state index contributed by atoms with van der Waals surface area (Å²) < 4.78 is 5.68. The Hall–Kier alpha value is -1.95. The first-order valence-corrected chi connectivity index (χ1v) is 10.1. The number of nitrogens with zero attached hydrogens (tertiary/aromatic N) is 1. The largest absolute Gasteiger partial charge is 0.484 e. The minimum atomic E-state index is -0.739. The first-order chi connectivity index (χ1) is 13.6. The van der Waals surface area contributed by atoms with Crippen LogP contribution in [0.5, 0.6) is 5.75 Å². The first kappa shape index (κ1) is 23.3. The molecule has 0 saturated heterocycles. The zero-order valence-corrected chi connectivity index (χ0v) is 19.0. The van der Waals surface area contributed by atoms with Crippen molar-refractivity contribution in [3.8, 4) is 5.75 Å². The lowest BCUT2D eigenvalue weighted by Crippen LogP contribution is -2.48. The van der Waals surface area contributed by atoms with Gasteiger partial charge >= 0.3 is 0 Å². The standard InChI is InChI=1S/C21H23Cl3N2O3/c1-12-8-15(9-13(2)20(12)24)29-11-19(27)26(14(3)21(28)25-4)10-16-17(22)6-5-7-18(16)23/h5-9,14H,10-11H2,1-4H3,(H,25,28)/t14-/m0/s1. The van der Waals surface area contributed by atoms with E-state index in [2.05, 4.69) is 5.32 Å². The van der Waals surface area contributed by atoms with Gasteiger partial charge in [-0.2, -0.15) is 0 Å². The summed E-state index contributed by atoms with van der Waals surface area (Å²) in [6.45, 7) is 5.20. The van der Waals surface area contributed by atoms with Gasteiger partial charge in [0.15, 0.2) is 6.61 Å². The third-order valence-electron chi connectivity index (χ3n) is 4.58. The zero-order valence-electron chi connectivity index (χ0n) is 16.7. The van der Waals surface area contributed by atoms with Crippen LogP contribution in [0, 0.1) is 13.8 Å². The number of amides is 2. The van der Waals surface area contributed by atoms with Gasteiger partial charge in [-0.1, -0.05) is 40.9 Å². The van der Waals surface area contributed by atoms with Gasteiger partial charge < -0.3 is 15.0 Å². The number of halogens is 3. The SMILES string of the molecule is CNC(=O)[C@H](C)N(Cc1c(Cl)cccc1Cl)C(=O)COc1cc(C)c(Cl)c(C)c1. The van der Waals surface area contributed by atoms with E-state index in [4.69, 9.17) is 39.5 Å². The second-order valence-electron chi connectivity index (χ2n) is 6.67. The van der Waals surface area contributed by atoms with E-state index in [0.29, 0.717) is 26.4 Å².